The van der Waals surface area contributed by atoms with Crippen LogP contribution in [0.1, 0.15) is 22.3 Å². The van der Waals surface area contributed by atoms with Crippen LogP contribution in [0.25, 0.3) is 0 Å². The molecule has 32 heavy (non-hydrogen) atoms. The fraction of sp³-hybridized carbons (Fsp3) is 0.280. The van der Waals surface area contributed by atoms with Gasteiger partial charge in [0.05, 0.1) is 43.4 Å². The maximum absolute atomic E-state index is 5.35. The lowest BCUT2D eigenvalue weighted by Gasteiger charge is -2.07. The van der Waals surface area contributed by atoms with Gasteiger partial charge in [-0.25, -0.2) is 0 Å². The van der Waals surface area contributed by atoms with E-state index in [0.29, 0.717) is 32.1 Å². The summed E-state index contributed by atoms with van der Waals surface area (Å²) in [5.74, 6) is 0. The van der Waals surface area contributed by atoms with E-state index in [4.69, 9.17) is 14.2 Å². The topological polar surface area (TPSA) is 77.1 Å². The van der Waals surface area contributed by atoms with Gasteiger partial charge in [-0.15, -0.1) is 0 Å². The van der Waals surface area contributed by atoms with Crippen LogP contribution in [0.2, 0.25) is 0 Å². The lowest BCUT2D eigenvalue weighted by atomic mass is 10.1. The number of benzene rings is 3. The maximum atomic E-state index is 5.35. The van der Waals surface area contributed by atoms with Crippen LogP contribution in [0.4, 0.5) is 17.1 Å². The molecule has 0 amide bonds. The molecule has 0 fully saturated rings. The molecule has 0 aromatic heterocycles. The normalized spacial score (nSPS) is 11.6. The highest BCUT2D eigenvalue weighted by atomic mass is 16.5. The molecule has 0 aliphatic heterocycles. The summed E-state index contributed by atoms with van der Waals surface area (Å²) in [5, 5.41) is 17.6. The lowest BCUT2D eigenvalue weighted by Crippen LogP contribution is -1.94. The second kappa shape index (κ2) is 12.6. The van der Waals surface area contributed by atoms with Gasteiger partial charge in [-0.2, -0.15) is 20.5 Å². The number of nitrogens with zero attached hydrogens (tertiary/aromatic N) is 4. The first-order valence-corrected chi connectivity index (χ1v) is 10.3. The number of azo groups is 2. The van der Waals surface area contributed by atoms with Crippen LogP contribution in [-0.2, 0) is 40.6 Å². The van der Waals surface area contributed by atoms with Crippen molar-refractivity contribution in [3.63, 3.8) is 0 Å². The van der Waals surface area contributed by atoms with E-state index in [1.54, 1.807) is 21.3 Å². The Morgan fingerprint density at radius 2 is 1.16 bits per heavy atom. The molecule has 3 aromatic carbocycles. The SMILES string of the molecule is COCc1ccccc1CN=Nc1ccc(N=Nc2ccccc2COC)cc1COC. The Hall–Kier alpha value is -3.26. The first-order chi connectivity index (χ1) is 15.7. The van der Waals surface area contributed by atoms with Gasteiger partial charge in [0.1, 0.15) is 0 Å². The summed E-state index contributed by atoms with van der Waals surface area (Å²) < 4.78 is 15.8. The molecule has 0 unspecified atom stereocenters. The Kier molecular flexibility index (Phi) is 9.19. The third-order valence-corrected chi connectivity index (χ3v) is 4.77. The van der Waals surface area contributed by atoms with E-state index in [-0.39, 0.29) is 0 Å². The minimum atomic E-state index is 0.401. The molecule has 7 heteroatoms. The van der Waals surface area contributed by atoms with Gasteiger partial charge in [-0.1, -0.05) is 42.5 Å². The fourth-order valence-corrected chi connectivity index (χ4v) is 3.20. The zero-order valence-electron chi connectivity index (χ0n) is 18.7. The van der Waals surface area contributed by atoms with Crippen molar-refractivity contribution in [2.24, 2.45) is 20.5 Å². The Balaban J connectivity index is 1.77. The van der Waals surface area contributed by atoms with Crippen molar-refractivity contribution in [3.8, 4) is 0 Å². The number of rotatable bonds is 11. The number of hydrogen-bond acceptors (Lipinski definition) is 7. The third-order valence-electron chi connectivity index (χ3n) is 4.77. The predicted octanol–water partition coefficient (Wildman–Crippen LogP) is 6.83. The monoisotopic (exact) mass is 432 g/mol. The molecule has 0 saturated heterocycles. The van der Waals surface area contributed by atoms with Crippen LogP contribution < -0.4 is 0 Å². The molecule has 0 aliphatic rings. The zero-order valence-corrected chi connectivity index (χ0v) is 18.7. The highest BCUT2D eigenvalue weighted by Crippen LogP contribution is 2.28. The highest BCUT2D eigenvalue weighted by molar-refractivity contribution is 5.54. The second-order valence-electron chi connectivity index (χ2n) is 7.11. The van der Waals surface area contributed by atoms with Crippen LogP contribution in [0, 0.1) is 0 Å². The van der Waals surface area contributed by atoms with Crippen LogP contribution in [-0.4, -0.2) is 21.3 Å². The molecule has 0 aliphatic carbocycles. The molecule has 0 saturated carbocycles. The van der Waals surface area contributed by atoms with E-state index in [1.165, 1.54) is 0 Å². The summed E-state index contributed by atoms with van der Waals surface area (Å²) in [6.45, 7) is 1.91. The average Bonchev–Trinajstić information content (AvgIpc) is 2.81. The molecule has 0 N–H and O–H groups in total. The summed E-state index contributed by atoms with van der Waals surface area (Å²) in [4.78, 5) is 0. The molecule has 0 atom stereocenters. The molecule has 166 valence electrons. The largest absolute Gasteiger partial charge is 0.380 e. The Bertz CT molecular complexity index is 1070. The van der Waals surface area contributed by atoms with Crippen molar-refractivity contribution in [2.75, 3.05) is 21.3 Å². The first kappa shape index (κ1) is 23.4. The van der Waals surface area contributed by atoms with Gasteiger partial charge < -0.3 is 14.2 Å². The van der Waals surface area contributed by atoms with Crippen molar-refractivity contribution in [1.29, 1.82) is 0 Å². The van der Waals surface area contributed by atoms with Crippen LogP contribution >= 0.6 is 0 Å². The van der Waals surface area contributed by atoms with Crippen molar-refractivity contribution in [3.05, 3.63) is 89.0 Å². The predicted molar refractivity (Wildman–Crippen MR) is 124 cm³/mol. The van der Waals surface area contributed by atoms with E-state index < -0.39 is 0 Å². The van der Waals surface area contributed by atoms with Crippen LogP contribution in [0.3, 0.4) is 0 Å². The highest BCUT2D eigenvalue weighted by Gasteiger charge is 2.06. The maximum Gasteiger partial charge on any atom is 0.0912 e. The van der Waals surface area contributed by atoms with E-state index in [0.717, 1.165) is 33.6 Å². The molecule has 0 spiro atoms. The second-order valence-corrected chi connectivity index (χ2v) is 7.11. The Morgan fingerprint density at radius 1 is 0.562 bits per heavy atom. The van der Waals surface area contributed by atoms with E-state index in [9.17, 15) is 0 Å². The Morgan fingerprint density at radius 3 is 1.91 bits per heavy atom. The van der Waals surface area contributed by atoms with Crippen LogP contribution in [0.5, 0.6) is 0 Å². The quantitative estimate of drug-likeness (QED) is 0.312. The molecule has 0 heterocycles. The molecule has 7 nitrogen and oxygen atoms in total. The van der Waals surface area contributed by atoms with Crippen molar-refractivity contribution in [1.82, 2.24) is 0 Å². The first-order valence-electron chi connectivity index (χ1n) is 10.3. The standard InChI is InChI=1S/C25H28N4O3/c1-30-16-20-9-5-4-8-19(20)15-26-28-25-13-12-23(14-22(25)18-32-3)27-29-24-11-7-6-10-21(24)17-31-2/h4-14H,15-18H2,1-3H3. The van der Waals surface area contributed by atoms with Crippen molar-refractivity contribution in [2.45, 2.75) is 26.4 Å². The lowest BCUT2D eigenvalue weighted by molar-refractivity contribution is 0.184. The van der Waals surface area contributed by atoms with Crippen LogP contribution in [0.15, 0.2) is 87.2 Å². The van der Waals surface area contributed by atoms with Gasteiger partial charge in [0.25, 0.3) is 0 Å². The molecule has 0 bridgehead atoms. The summed E-state index contributed by atoms with van der Waals surface area (Å²) in [7, 11) is 5.00. The van der Waals surface area contributed by atoms with E-state index >= 15 is 0 Å². The van der Waals surface area contributed by atoms with E-state index in [2.05, 4.69) is 20.5 Å². The third kappa shape index (κ3) is 6.62. The van der Waals surface area contributed by atoms with Gasteiger partial charge in [-0.3, -0.25) is 0 Å². The summed E-state index contributed by atoms with van der Waals surface area (Å²) in [5.41, 5.74) is 6.31. The summed E-state index contributed by atoms with van der Waals surface area (Å²) in [6, 6.07) is 21.5. The minimum Gasteiger partial charge on any atom is -0.380 e. The van der Waals surface area contributed by atoms with E-state index in [1.807, 2.05) is 66.7 Å². The summed E-state index contributed by atoms with van der Waals surface area (Å²) in [6.07, 6.45) is 0. The smallest absolute Gasteiger partial charge is 0.0912 e. The number of ether oxygens (including phenoxy) is 3. The zero-order chi connectivity index (χ0) is 22.6. The van der Waals surface area contributed by atoms with Gasteiger partial charge in [0.15, 0.2) is 0 Å². The number of methoxy groups -OCH3 is 3. The fourth-order valence-electron chi connectivity index (χ4n) is 3.20. The van der Waals surface area contributed by atoms with Crippen molar-refractivity contribution < 1.29 is 14.2 Å². The summed E-state index contributed by atoms with van der Waals surface area (Å²) >= 11 is 0. The molecule has 0 radical (unpaired) electrons. The van der Waals surface area contributed by atoms with Gasteiger partial charge in [-0.05, 0) is 35.4 Å². The van der Waals surface area contributed by atoms with Gasteiger partial charge in [0, 0.05) is 32.5 Å². The molecule has 3 rings (SSSR count). The molecular formula is C25H28N4O3. The molecule has 3 aromatic rings. The minimum absolute atomic E-state index is 0.401. The van der Waals surface area contributed by atoms with Gasteiger partial charge in [0.2, 0.25) is 0 Å². The van der Waals surface area contributed by atoms with Gasteiger partial charge >= 0.3 is 0 Å². The number of hydrogen-bond donors (Lipinski definition) is 0. The molecular weight excluding hydrogens is 404 g/mol. The average molecular weight is 433 g/mol. The Labute approximate surface area is 188 Å². The van der Waals surface area contributed by atoms with Crippen molar-refractivity contribution >= 4 is 17.1 Å².